The third-order valence-electron chi connectivity index (χ3n) is 5.94. The van der Waals surface area contributed by atoms with Crippen LogP contribution in [0.1, 0.15) is 40.9 Å². The van der Waals surface area contributed by atoms with Gasteiger partial charge in [-0.1, -0.05) is 12.1 Å². The molecule has 3 aromatic rings. The van der Waals surface area contributed by atoms with Crippen LogP contribution in [0.2, 0.25) is 0 Å². The van der Waals surface area contributed by atoms with Crippen molar-refractivity contribution in [1.82, 2.24) is 19.9 Å². The fourth-order valence-electron chi connectivity index (χ4n) is 3.74. The molecule has 2 aromatic heterocycles. The average Bonchev–Trinajstić information content (AvgIpc) is 2.82. The van der Waals surface area contributed by atoms with Crippen LogP contribution in [-0.4, -0.2) is 43.4 Å². The molecule has 0 aliphatic heterocycles. The van der Waals surface area contributed by atoms with Crippen LogP contribution >= 0.6 is 0 Å². The molecule has 1 aliphatic rings. The number of carbonyl (C=O) groups excluding carboxylic acids is 1. The Labute approximate surface area is 205 Å². The van der Waals surface area contributed by atoms with Crippen molar-refractivity contribution in [1.29, 1.82) is 0 Å². The number of nitrogens with zero attached hydrogens (tertiary/aromatic N) is 3. The van der Waals surface area contributed by atoms with Crippen molar-refractivity contribution in [2.24, 2.45) is 5.73 Å². The van der Waals surface area contributed by atoms with Gasteiger partial charge >= 0.3 is 5.97 Å². The second-order valence-corrected chi connectivity index (χ2v) is 8.56. The van der Waals surface area contributed by atoms with E-state index >= 15 is 0 Å². The lowest BCUT2D eigenvalue weighted by atomic mass is 9.93. The van der Waals surface area contributed by atoms with E-state index in [1.807, 2.05) is 0 Å². The van der Waals surface area contributed by atoms with E-state index in [9.17, 15) is 19.5 Å². The number of carboxylic acids is 1. The first-order valence-electron chi connectivity index (χ1n) is 11.3. The van der Waals surface area contributed by atoms with Gasteiger partial charge in [-0.3, -0.25) is 25.3 Å². The number of nitrogens with two attached hydrogens (primary N) is 3. The number of rotatable bonds is 9. The van der Waals surface area contributed by atoms with Gasteiger partial charge in [0.25, 0.3) is 11.4 Å². The van der Waals surface area contributed by atoms with Gasteiger partial charge in [0.15, 0.2) is 11.5 Å². The van der Waals surface area contributed by atoms with E-state index in [4.69, 9.17) is 16.9 Å². The van der Waals surface area contributed by atoms with E-state index in [1.165, 1.54) is 22.9 Å². The zero-order chi connectivity index (χ0) is 25.8. The molecular weight excluding hydrogens is 464 g/mol. The fourth-order valence-corrected chi connectivity index (χ4v) is 3.74. The summed E-state index contributed by atoms with van der Waals surface area (Å²) in [6, 6.07) is 9.92. The molecule has 0 bridgehead atoms. The number of nitrogens with one attached hydrogen (secondary N) is 2. The molecule has 1 amide bonds. The Balaban J connectivity index is 1.62. The van der Waals surface area contributed by atoms with Crippen LogP contribution in [0.15, 0.2) is 47.4 Å². The summed E-state index contributed by atoms with van der Waals surface area (Å²) in [6.07, 6.45) is 4.34. The number of aromatic nitrogens is 3. The predicted molar refractivity (Wildman–Crippen MR) is 133 cm³/mol. The van der Waals surface area contributed by atoms with Gasteiger partial charge in [-0.05, 0) is 49.1 Å². The van der Waals surface area contributed by atoms with E-state index in [1.54, 1.807) is 24.3 Å². The largest absolute Gasteiger partial charge is 0.477 e. The lowest BCUT2D eigenvalue weighted by Gasteiger charge is -2.27. The van der Waals surface area contributed by atoms with Crippen LogP contribution in [0, 0.1) is 0 Å². The number of benzene rings is 1. The number of amides is 1. The van der Waals surface area contributed by atoms with E-state index in [0.717, 1.165) is 24.8 Å². The van der Waals surface area contributed by atoms with E-state index in [-0.39, 0.29) is 48.0 Å². The number of carbonyl (C=O) groups is 2. The Morgan fingerprint density at radius 1 is 1.19 bits per heavy atom. The number of anilines is 2. The number of pyridine rings is 1. The summed E-state index contributed by atoms with van der Waals surface area (Å²) in [5.74, 6) is -1.41. The molecule has 0 radical (unpaired) electrons. The first-order valence-corrected chi connectivity index (χ1v) is 11.3. The molecule has 0 unspecified atom stereocenters. The quantitative estimate of drug-likeness (QED) is 0.166. The van der Waals surface area contributed by atoms with Gasteiger partial charge in [0, 0.05) is 18.2 Å². The average molecular weight is 492 g/mol. The minimum absolute atomic E-state index is 0.0381. The van der Waals surface area contributed by atoms with Gasteiger partial charge in [0.2, 0.25) is 5.91 Å². The molecule has 0 atom stereocenters. The second kappa shape index (κ2) is 10.3. The summed E-state index contributed by atoms with van der Waals surface area (Å²) in [5, 5.41) is 20.8. The minimum atomic E-state index is -1.27. The van der Waals surface area contributed by atoms with Crippen LogP contribution < -0.4 is 33.1 Å². The Bertz CT molecular complexity index is 1380. The molecule has 4 rings (SSSR count). The molecule has 1 aliphatic carbocycles. The molecule has 9 N–H and O–H groups in total. The van der Waals surface area contributed by atoms with Crippen LogP contribution in [0.25, 0.3) is 11.3 Å². The molecule has 1 saturated carbocycles. The van der Waals surface area contributed by atoms with Crippen molar-refractivity contribution in [3.8, 4) is 11.3 Å². The lowest BCUT2D eigenvalue weighted by molar-refractivity contribution is -0.121. The number of hydrogen-bond acceptors (Lipinski definition) is 7. The summed E-state index contributed by atoms with van der Waals surface area (Å²) in [7, 11) is 0. The van der Waals surface area contributed by atoms with Crippen LogP contribution in [0.3, 0.4) is 0 Å². The lowest BCUT2D eigenvalue weighted by Crippen LogP contribution is -2.46. The zero-order valence-corrected chi connectivity index (χ0v) is 19.4. The molecular formula is C24H27N8O4+. The Hall–Kier alpha value is -4.74. The van der Waals surface area contributed by atoms with Crippen LogP contribution in [0.5, 0.6) is 0 Å². The highest BCUT2D eigenvalue weighted by Crippen LogP contribution is 2.24. The molecule has 12 nitrogen and oxygen atoms in total. The molecule has 1 aromatic carbocycles. The van der Waals surface area contributed by atoms with Gasteiger partial charge in [-0.15, -0.1) is 0 Å². The maximum atomic E-state index is 13.3. The first-order chi connectivity index (χ1) is 17.2. The van der Waals surface area contributed by atoms with Gasteiger partial charge < -0.3 is 21.5 Å². The highest BCUT2D eigenvalue weighted by Gasteiger charge is 2.22. The zero-order valence-electron chi connectivity index (χ0n) is 19.4. The highest BCUT2D eigenvalue weighted by molar-refractivity contribution is 5.92. The maximum Gasteiger partial charge on any atom is 0.354 e. The Morgan fingerprint density at radius 2 is 1.92 bits per heavy atom. The number of carboxylic acid groups (broad SMARTS) is 1. The molecule has 0 spiro atoms. The van der Waals surface area contributed by atoms with Gasteiger partial charge in [0.1, 0.15) is 12.4 Å². The predicted octanol–water partition coefficient (Wildman–Crippen LogP) is -0.669. The van der Waals surface area contributed by atoms with Gasteiger partial charge in [-0.25, -0.2) is 14.8 Å². The monoisotopic (exact) mass is 491 g/mol. The van der Waals surface area contributed by atoms with E-state index < -0.39 is 17.4 Å². The maximum absolute atomic E-state index is 13.3. The molecule has 36 heavy (non-hydrogen) atoms. The van der Waals surface area contributed by atoms with Crippen molar-refractivity contribution in [2.75, 3.05) is 11.1 Å². The molecule has 186 valence electrons. The molecule has 0 saturated heterocycles. The third-order valence-corrected chi connectivity index (χ3v) is 5.94. The summed E-state index contributed by atoms with van der Waals surface area (Å²) >= 11 is 0. The Morgan fingerprint density at radius 3 is 2.53 bits per heavy atom. The number of nitrogen functional groups attached to an aromatic ring is 1. The summed E-state index contributed by atoms with van der Waals surface area (Å²) in [6.45, 7) is -0.0976. The third kappa shape index (κ3) is 5.49. The smallest absolute Gasteiger partial charge is 0.354 e. The van der Waals surface area contributed by atoms with Crippen molar-refractivity contribution in [3.05, 3.63) is 69.8 Å². The molecule has 2 heterocycles. The van der Waals surface area contributed by atoms with E-state index in [0.29, 0.717) is 11.1 Å². The summed E-state index contributed by atoms with van der Waals surface area (Å²) in [5.41, 5.74) is 12.6. The van der Waals surface area contributed by atoms with Crippen LogP contribution in [0.4, 0.5) is 11.6 Å². The van der Waals surface area contributed by atoms with Crippen molar-refractivity contribution in [3.63, 3.8) is 0 Å². The molecule has 1 fully saturated rings. The van der Waals surface area contributed by atoms with Crippen molar-refractivity contribution >= 4 is 29.3 Å². The summed E-state index contributed by atoms with van der Waals surface area (Å²) in [4.78, 5) is 45.7. The minimum Gasteiger partial charge on any atom is -0.477 e. The first kappa shape index (κ1) is 24.4. The number of hydrogen-bond donors (Lipinski definition) is 6. The number of amidine groups is 1. The standard InChI is InChI=1S/C24H26N8O4/c25-19-9-15(8-17(31-19)24(35)36)18-11-29-22(30-16-2-1-3-16)23(34)32(18)12-20(33)28-10-13-4-6-14(7-5-13)21(26)27/h4-9,11,16H,1-3,10,12H2,(H2,25,31)(H3,26,27)(H,28,33)(H,29,30)(H,35,36)/p+1. The summed E-state index contributed by atoms with van der Waals surface area (Å²) < 4.78 is 1.25. The Kier molecular flexibility index (Phi) is 6.95. The second-order valence-electron chi connectivity index (χ2n) is 8.56. The van der Waals surface area contributed by atoms with Crippen molar-refractivity contribution < 1.29 is 20.1 Å². The molecule has 12 heteroatoms. The highest BCUT2D eigenvalue weighted by atomic mass is 16.4. The van der Waals surface area contributed by atoms with Crippen molar-refractivity contribution in [2.45, 2.75) is 38.4 Å². The van der Waals surface area contributed by atoms with Gasteiger partial charge in [0.05, 0.1) is 17.5 Å². The fraction of sp³-hybridized carbons (Fsp3) is 0.250. The topological polar surface area (TPSA) is 204 Å². The SMILES string of the molecule is NC(=[NH2+])c1ccc(CNC(=O)Cn2c(-c3cc(N)nc(C(=O)O)c3)cnc(NC3CCC3)c2=O)cc1. The normalized spacial score (nSPS) is 13.0. The van der Waals surface area contributed by atoms with E-state index in [2.05, 4.69) is 20.6 Å². The number of aromatic carboxylic acids is 1. The van der Waals surface area contributed by atoms with Gasteiger partial charge in [-0.2, -0.15) is 0 Å². The van der Waals surface area contributed by atoms with Crippen LogP contribution in [-0.2, 0) is 17.9 Å².